The van der Waals surface area contributed by atoms with E-state index in [0.29, 0.717) is 5.56 Å². The molecule has 0 spiro atoms. The Hall–Kier alpha value is -2.44. The number of halogens is 1. The molecule has 1 rings (SSSR count). The van der Waals surface area contributed by atoms with Gasteiger partial charge in [-0.2, -0.15) is 0 Å². The summed E-state index contributed by atoms with van der Waals surface area (Å²) in [6.07, 6.45) is -0.00546. The molecule has 0 saturated carbocycles. The molecule has 0 heterocycles. The Kier molecular flexibility index (Phi) is 7.01. The zero-order chi connectivity index (χ0) is 16.5. The van der Waals surface area contributed by atoms with Gasteiger partial charge in [-0.25, -0.2) is 4.39 Å². The van der Waals surface area contributed by atoms with Gasteiger partial charge in [0, 0.05) is 12.8 Å². The summed E-state index contributed by atoms with van der Waals surface area (Å²) in [6, 6.07) is 4.62. The molecule has 1 atom stereocenters. The summed E-state index contributed by atoms with van der Waals surface area (Å²) in [7, 11) is 0. The maximum absolute atomic E-state index is 12.8. The van der Waals surface area contributed by atoms with E-state index in [1.165, 1.54) is 24.3 Å². The van der Waals surface area contributed by atoms with Crippen molar-refractivity contribution in [2.45, 2.75) is 32.2 Å². The number of carbonyl (C=O) groups excluding carboxylic acids is 3. The van der Waals surface area contributed by atoms with Crippen molar-refractivity contribution >= 4 is 17.8 Å². The monoisotopic (exact) mass is 310 g/mol. The molecule has 0 bridgehead atoms. The van der Waals surface area contributed by atoms with Gasteiger partial charge in [-0.3, -0.25) is 14.4 Å². The van der Waals surface area contributed by atoms with Crippen molar-refractivity contribution in [1.82, 2.24) is 5.32 Å². The van der Waals surface area contributed by atoms with Gasteiger partial charge in [0.05, 0.1) is 13.0 Å². The Morgan fingerprint density at radius 2 is 1.86 bits per heavy atom. The SMILES string of the molecule is CCOC(=O)CCC(=O)N[C@H](Cc1ccc(F)cc1)C(N)=O. The molecule has 120 valence electrons. The quantitative estimate of drug-likeness (QED) is 0.690. The molecule has 0 unspecified atom stereocenters. The molecule has 7 heteroatoms. The number of esters is 1. The number of hydrogen-bond donors (Lipinski definition) is 2. The van der Waals surface area contributed by atoms with Crippen molar-refractivity contribution in [2.75, 3.05) is 6.61 Å². The first-order valence-corrected chi connectivity index (χ1v) is 6.91. The van der Waals surface area contributed by atoms with Gasteiger partial charge in [-0.15, -0.1) is 0 Å². The first-order valence-electron chi connectivity index (χ1n) is 6.91. The number of nitrogens with two attached hydrogens (primary N) is 1. The number of rotatable bonds is 8. The summed E-state index contributed by atoms with van der Waals surface area (Å²) in [4.78, 5) is 34.3. The predicted octanol–water partition coefficient (Wildman–Crippen LogP) is 0.682. The van der Waals surface area contributed by atoms with Crippen LogP contribution in [0, 0.1) is 5.82 Å². The number of carbonyl (C=O) groups is 3. The first-order chi connectivity index (χ1) is 10.4. The molecule has 3 N–H and O–H groups in total. The van der Waals surface area contributed by atoms with Crippen molar-refractivity contribution in [3.8, 4) is 0 Å². The molecule has 1 aromatic rings. The molecule has 0 fully saturated rings. The van der Waals surface area contributed by atoms with Gasteiger partial charge < -0.3 is 15.8 Å². The fourth-order valence-corrected chi connectivity index (χ4v) is 1.79. The highest BCUT2D eigenvalue weighted by Crippen LogP contribution is 2.06. The molecule has 0 aliphatic carbocycles. The van der Waals surface area contributed by atoms with Crippen LogP contribution in [0.2, 0.25) is 0 Å². The lowest BCUT2D eigenvalue weighted by Crippen LogP contribution is -2.45. The van der Waals surface area contributed by atoms with Crippen LogP contribution in [-0.2, 0) is 25.5 Å². The second kappa shape index (κ2) is 8.76. The minimum absolute atomic E-state index is 0.0678. The number of amides is 2. The van der Waals surface area contributed by atoms with Crippen LogP contribution in [-0.4, -0.2) is 30.4 Å². The third kappa shape index (κ3) is 6.34. The molecule has 22 heavy (non-hydrogen) atoms. The van der Waals surface area contributed by atoms with E-state index in [1.807, 2.05) is 0 Å². The molecule has 1 aromatic carbocycles. The second-order valence-corrected chi connectivity index (χ2v) is 4.66. The average Bonchev–Trinajstić information content (AvgIpc) is 2.47. The number of nitrogens with one attached hydrogen (secondary N) is 1. The summed E-state index contributed by atoms with van der Waals surface area (Å²) in [5.74, 6) is -2.04. The fourth-order valence-electron chi connectivity index (χ4n) is 1.79. The normalized spacial score (nSPS) is 11.5. The van der Waals surface area contributed by atoms with Gasteiger partial charge in [0.15, 0.2) is 0 Å². The van der Waals surface area contributed by atoms with Crippen molar-refractivity contribution in [1.29, 1.82) is 0 Å². The first kappa shape index (κ1) is 17.6. The van der Waals surface area contributed by atoms with E-state index in [-0.39, 0.29) is 25.9 Å². The fraction of sp³-hybridized carbons (Fsp3) is 0.400. The molecule has 0 aliphatic rings. The van der Waals surface area contributed by atoms with E-state index in [4.69, 9.17) is 10.5 Å². The van der Waals surface area contributed by atoms with Gasteiger partial charge in [-0.1, -0.05) is 12.1 Å². The zero-order valence-electron chi connectivity index (χ0n) is 12.3. The molecule has 0 aliphatic heterocycles. The van der Waals surface area contributed by atoms with Gasteiger partial charge in [0.1, 0.15) is 11.9 Å². The highest BCUT2D eigenvalue weighted by Gasteiger charge is 2.19. The van der Waals surface area contributed by atoms with Gasteiger partial charge in [0.25, 0.3) is 0 Å². The van der Waals surface area contributed by atoms with E-state index in [2.05, 4.69) is 5.32 Å². The minimum Gasteiger partial charge on any atom is -0.466 e. The third-order valence-electron chi connectivity index (χ3n) is 2.89. The average molecular weight is 310 g/mol. The third-order valence-corrected chi connectivity index (χ3v) is 2.89. The van der Waals surface area contributed by atoms with Crippen molar-refractivity contribution in [3.63, 3.8) is 0 Å². The number of hydrogen-bond acceptors (Lipinski definition) is 4. The smallest absolute Gasteiger partial charge is 0.306 e. The summed E-state index contributed by atoms with van der Waals surface area (Å²) in [6.45, 7) is 1.92. The van der Waals surface area contributed by atoms with Crippen LogP contribution < -0.4 is 11.1 Å². The van der Waals surface area contributed by atoms with Crippen LogP contribution in [0.1, 0.15) is 25.3 Å². The standard InChI is InChI=1S/C15H19FN2O4/c1-2-22-14(20)8-7-13(19)18-12(15(17)21)9-10-3-5-11(16)6-4-10/h3-6,12H,2,7-9H2,1H3,(H2,17,21)(H,18,19)/t12-/m1/s1. The highest BCUT2D eigenvalue weighted by molar-refractivity contribution is 5.88. The lowest BCUT2D eigenvalue weighted by Gasteiger charge is -2.15. The molecule has 0 saturated heterocycles. The second-order valence-electron chi connectivity index (χ2n) is 4.66. The Balaban J connectivity index is 2.53. The number of benzene rings is 1. The lowest BCUT2D eigenvalue weighted by molar-refractivity contribution is -0.144. The molecule has 6 nitrogen and oxygen atoms in total. The maximum atomic E-state index is 12.8. The van der Waals surface area contributed by atoms with Crippen LogP contribution in [0.4, 0.5) is 4.39 Å². The number of ether oxygens (including phenoxy) is 1. The zero-order valence-corrected chi connectivity index (χ0v) is 12.3. The predicted molar refractivity (Wildman–Crippen MR) is 77.1 cm³/mol. The maximum Gasteiger partial charge on any atom is 0.306 e. The largest absolute Gasteiger partial charge is 0.466 e. The van der Waals surface area contributed by atoms with Crippen LogP contribution in [0.3, 0.4) is 0 Å². The van der Waals surface area contributed by atoms with E-state index in [9.17, 15) is 18.8 Å². The summed E-state index contributed by atoms with van der Waals surface area (Å²) < 4.78 is 17.5. The summed E-state index contributed by atoms with van der Waals surface area (Å²) in [5, 5.41) is 2.46. The highest BCUT2D eigenvalue weighted by atomic mass is 19.1. The van der Waals surface area contributed by atoms with E-state index in [0.717, 1.165) is 0 Å². The van der Waals surface area contributed by atoms with Crippen LogP contribution in [0.5, 0.6) is 0 Å². The molecular formula is C15H19FN2O4. The van der Waals surface area contributed by atoms with Crippen LogP contribution in [0.25, 0.3) is 0 Å². The van der Waals surface area contributed by atoms with Crippen molar-refractivity contribution in [3.05, 3.63) is 35.6 Å². The molecule has 0 aromatic heterocycles. The Bertz CT molecular complexity index is 531. The van der Waals surface area contributed by atoms with Gasteiger partial charge in [0.2, 0.25) is 11.8 Å². The van der Waals surface area contributed by atoms with Crippen molar-refractivity contribution < 1.29 is 23.5 Å². The molecule has 2 amide bonds. The topological polar surface area (TPSA) is 98.5 Å². The molecular weight excluding hydrogens is 291 g/mol. The van der Waals surface area contributed by atoms with E-state index in [1.54, 1.807) is 6.92 Å². The Labute approximate surface area is 127 Å². The van der Waals surface area contributed by atoms with Gasteiger partial charge in [-0.05, 0) is 24.6 Å². The van der Waals surface area contributed by atoms with Crippen molar-refractivity contribution in [2.24, 2.45) is 5.73 Å². The Morgan fingerprint density at radius 3 is 2.41 bits per heavy atom. The molecule has 0 radical (unpaired) electrons. The minimum atomic E-state index is -0.917. The summed E-state index contributed by atoms with van der Waals surface area (Å²) >= 11 is 0. The summed E-state index contributed by atoms with van der Waals surface area (Å²) in [5.41, 5.74) is 5.91. The van der Waals surface area contributed by atoms with E-state index < -0.39 is 29.6 Å². The van der Waals surface area contributed by atoms with Crippen LogP contribution in [0.15, 0.2) is 24.3 Å². The lowest BCUT2D eigenvalue weighted by atomic mass is 10.1. The Morgan fingerprint density at radius 1 is 1.23 bits per heavy atom. The van der Waals surface area contributed by atoms with Gasteiger partial charge >= 0.3 is 5.97 Å². The van der Waals surface area contributed by atoms with Crippen LogP contribution >= 0.6 is 0 Å². The number of primary amides is 1. The van der Waals surface area contributed by atoms with E-state index >= 15 is 0 Å².